The molecule has 1 N–H and O–H groups in total. The van der Waals surface area contributed by atoms with Crippen molar-refractivity contribution in [3.05, 3.63) is 45.9 Å². The van der Waals surface area contributed by atoms with Gasteiger partial charge in [-0.3, -0.25) is 4.90 Å². The van der Waals surface area contributed by atoms with E-state index in [4.69, 9.17) is 0 Å². The van der Waals surface area contributed by atoms with Gasteiger partial charge in [-0.1, -0.05) is 18.2 Å². The lowest BCUT2D eigenvalue weighted by Crippen LogP contribution is -2.19. The summed E-state index contributed by atoms with van der Waals surface area (Å²) in [4.78, 5) is 7.04. The molecule has 1 aromatic heterocycles. The molecule has 3 nitrogen and oxygen atoms in total. The van der Waals surface area contributed by atoms with Gasteiger partial charge >= 0.3 is 0 Å². The Hall–Kier alpha value is -1.39. The van der Waals surface area contributed by atoms with Gasteiger partial charge in [0.15, 0.2) is 0 Å². The normalized spacial score (nSPS) is 15.7. The van der Waals surface area contributed by atoms with E-state index in [1.165, 1.54) is 37.2 Å². The van der Waals surface area contributed by atoms with Crippen molar-refractivity contribution < 1.29 is 0 Å². The third kappa shape index (κ3) is 3.38. The summed E-state index contributed by atoms with van der Waals surface area (Å²) in [5, 5.41) is 6.79. The van der Waals surface area contributed by atoms with Crippen molar-refractivity contribution >= 4 is 17.0 Å². The van der Waals surface area contributed by atoms with Crippen molar-refractivity contribution in [1.29, 1.82) is 0 Å². The number of para-hydroxylation sites is 1. The van der Waals surface area contributed by atoms with E-state index in [1.807, 2.05) is 6.92 Å². The summed E-state index contributed by atoms with van der Waals surface area (Å²) in [6, 6.07) is 8.63. The summed E-state index contributed by atoms with van der Waals surface area (Å²) in [7, 11) is 0. The third-order valence-electron chi connectivity index (χ3n) is 3.71. The molecule has 1 aliphatic rings. The molecule has 1 aliphatic heterocycles. The summed E-state index contributed by atoms with van der Waals surface area (Å²) >= 11 is 1.72. The maximum atomic E-state index is 4.50. The molecule has 2 heterocycles. The molecule has 3 rings (SSSR count). The van der Waals surface area contributed by atoms with E-state index < -0.39 is 0 Å². The Morgan fingerprint density at radius 1 is 1.25 bits per heavy atom. The average Bonchev–Trinajstić information content (AvgIpc) is 3.10. The van der Waals surface area contributed by atoms with Crippen LogP contribution in [-0.4, -0.2) is 23.0 Å². The quantitative estimate of drug-likeness (QED) is 0.909. The maximum Gasteiger partial charge on any atom is 0.112 e. The Morgan fingerprint density at radius 2 is 2.05 bits per heavy atom. The molecule has 4 heteroatoms. The molecule has 0 bridgehead atoms. The lowest BCUT2D eigenvalue weighted by Gasteiger charge is -2.18. The Kier molecular flexibility index (Phi) is 4.33. The van der Waals surface area contributed by atoms with E-state index in [-0.39, 0.29) is 0 Å². The number of likely N-dealkylation sites (tertiary alicyclic amines) is 1. The first kappa shape index (κ1) is 13.6. The van der Waals surface area contributed by atoms with Gasteiger partial charge in [0.25, 0.3) is 0 Å². The van der Waals surface area contributed by atoms with Gasteiger partial charge in [0.05, 0.1) is 6.54 Å². The number of rotatable bonds is 5. The summed E-state index contributed by atoms with van der Waals surface area (Å²) in [6.45, 7) is 6.39. The molecular formula is C16H21N3S. The maximum absolute atomic E-state index is 4.50. The molecule has 0 radical (unpaired) electrons. The summed E-state index contributed by atoms with van der Waals surface area (Å²) < 4.78 is 0. The minimum absolute atomic E-state index is 0.815. The number of hydrogen-bond donors (Lipinski definition) is 1. The lowest BCUT2D eigenvalue weighted by atomic mass is 10.1. The molecule has 106 valence electrons. The molecule has 2 aromatic rings. The summed E-state index contributed by atoms with van der Waals surface area (Å²) in [5.74, 6) is 0. The van der Waals surface area contributed by atoms with Crippen molar-refractivity contribution in [2.75, 3.05) is 18.4 Å². The SMILES string of the molecule is Cc1csc(CNc2ccccc2CN2CCCC2)n1. The number of benzene rings is 1. The van der Waals surface area contributed by atoms with Crippen molar-refractivity contribution in [3.8, 4) is 0 Å². The van der Waals surface area contributed by atoms with Gasteiger partial charge in [-0.2, -0.15) is 0 Å². The van der Waals surface area contributed by atoms with Crippen molar-refractivity contribution in [2.24, 2.45) is 0 Å². The summed E-state index contributed by atoms with van der Waals surface area (Å²) in [6.07, 6.45) is 2.68. The zero-order valence-electron chi connectivity index (χ0n) is 11.9. The van der Waals surface area contributed by atoms with Crippen LogP contribution in [0.15, 0.2) is 29.6 Å². The first-order chi connectivity index (χ1) is 9.81. The van der Waals surface area contributed by atoms with Crippen LogP contribution < -0.4 is 5.32 Å². The number of hydrogen-bond acceptors (Lipinski definition) is 4. The van der Waals surface area contributed by atoms with Crippen LogP contribution in [0.3, 0.4) is 0 Å². The molecule has 0 saturated carbocycles. The van der Waals surface area contributed by atoms with Crippen LogP contribution in [-0.2, 0) is 13.1 Å². The Balaban J connectivity index is 1.65. The highest BCUT2D eigenvalue weighted by Gasteiger charge is 2.13. The topological polar surface area (TPSA) is 28.2 Å². The fraction of sp³-hybridized carbons (Fsp3) is 0.438. The molecule has 20 heavy (non-hydrogen) atoms. The Morgan fingerprint density at radius 3 is 2.80 bits per heavy atom. The van der Waals surface area contributed by atoms with Gasteiger partial charge in [0.2, 0.25) is 0 Å². The second kappa shape index (κ2) is 6.37. The predicted octanol–water partition coefficient (Wildman–Crippen LogP) is 3.66. The van der Waals surface area contributed by atoms with Crippen LogP contribution in [0.2, 0.25) is 0 Å². The molecule has 0 amide bonds. The number of aryl methyl sites for hydroxylation is 1. The number of aromatic nitrogens is 1. The minimum Gasteiger partial charge on any atom is -0.378 e. The smallest absolute Gasteiger partial charge is 0.112 e. The molecule has 0 spiro atoms. The molecular weight excluding hydrogens is 266 g/mol. The van der Waals surface area contributed by atoms with Crippen molar-refractivity contribution in [1.82, 2.24) is 9.88 Å². The first-order valence-electron chi connectivity index (χ1n) is 7.26. The van der Waals surface area contributed by atoms with Crippen LogP contribution in [0.4, 0.5) is 5.69 Å². The molecule has 0 unspecified atom stereocenters. The van der Waals surface area contributed by atoms with Crippen LogP contribution in [0.5, 0.6) is 0 Å². The average molecular weight is 287 g/mol. The highest BCUT2D eigenvalue weighted by Crippen LogP contribution is 2.21. The van der Waals surface area contributed by atoms with Crippen LogP contribution >= 0.6 is 11.3 Å². The molecule has 1 saturated heterocycles. The fourth-order valence-corrected chi connectivity index (χ4v) is 3.38. The van der Waals surface area contributed by atoms with Crippen LogP contribution in [0, 0.1) is 6.92 Å². The molecule has 0 aliphatic carbocycles. The minimum atomic E-state index is 0.815. The molecule has 1 aromatic carbocycles. The van der Waals surface area contributed by atoms with Crippen molar-refractivity contribution in [2.45, 2.75) is 32.9 Å². The van der Waals surface area contributed by atoms with Gasteiger partial charge in [-0.05, 0) is 44.5 Å². The third-order valence-corrected chi connectivity index (χ3v) is 4.67. The highest BCUT2D eigenvalue weighted by molar-refractivity contribution is 7.09. The fourth-order valence-electron chi connectivity index (χ4n) is 2.67. The lowest BCUT2D eigenvalue weighted by molar-refractivity contribution is 0.332. The van der Waals surface area contributed by atoms with E-state index >= 15 is 0 Å². The van der Waals surface area contributed by atoms with Gasteiger partial charge in [-0.25, -0.2) is 4.98 Å². The predicted molar refractivity (Wildman–Crippen MR) is 85.1 cm³/mol. The van der Waals surface area contributed by atoms with Gasteiger partial charge in [-0.15, -0.1) is 11.3 Å². The van der Waals surface area contributed by atoms with E-state index in [9.17, 15) is 0 Å². The second-order valence-electron chi connectivity index (χ2n) is 5.38. The van der Waals surface area contributed by atoms with Crippen LogP contribution in [0.1, 0.15) is 29.1 Å². The van der Waals surface area contributed by atoms with Gasteiger partial charge < -0.3 is 5.32 Å². The van der Waals surface area contributed by atoms with E-state index in [0.717, 1.165) is 23.8 Å². The largest absolute Gasteiger partial charge is 0.378 e. The zero-order chi connectivity index (χ0) is 13.8. The van der Waals surface area contributed by atoms with E-state index in [1.54, 1.807) is 11.3 Å². The Labute approximate surface area is 124 Å². The molecule has 1 fully saturated rings. The van der Waals surface area contributed by atoms with E-state index in [0.29, 0.717) is 0 Å². The van der Waals surface area contributed by atoms with Gasteiger partial charge in [0.1, 0.15) is 5.01 Å². The van der Waals surface area contributed by atoms with E-state index in [2.05, 4.69) is 44.8 Å². The highest BCUT2D eigenvalue weighted by atomic mass is 32.1. The zero-order valence-corrected chi connectivity index (χ0v) is 12.7. The van der Waals surface area contributed by atoms with Gasteiger partial charge in [0, 0.05) is 23.3 Å². The number of anilines is 1. The first-order valence-corrected chi connectivity index (χ1v) is 8.14. The van der Waals surface area contributed by atoms with Crippen LogP contribution in [0.25, 0.3) is 0 Å². The number of nitrogens with one attached hydrogen (secondary N) is 1. The number of nitrogens with zero attached hydrogens (tertiary/aromatic N) is 2. The molecule has 0 atom stereocenters. The standard InChI is InChI=1S/C16H21N3S/c1-13-12-20-16(18-13)10-17-15-7-3-2-6-14(15)11-19-8-4-5-9-19/h2-3,6-7,12,17H,4-5,8-11H2,1H3. The summed E-state index contributed by atoms with van der Waals surface area (Å²) in [5.41, 5.74) is 3.74. The van der Waals surface area contributed by atoms with Crippen molar-refractivity contribution in [3.63, 3.8) is 0 Å². The Bertz CT molecular complexity index is 558. The second-order valence-corrected chi connectivity index (χ2v) is 6.32. The monoisotopic (exact) mass is 287 g/mol. The number of thiazole rings is 1.